The van der Waals surface area contributed by atoms with E-state index in [9.17, 15) is 13.2 Å². The third-order valence-electron chi connectivity index (χ3n) is 5.09. The molecule has 0 radical (unpaired) electrons. The molecule has 1 aliphatic heterocycles. The molecule has 6 nitrogen and oxygen atoms in total. The molecule has 26 heavy (non-hydrogen) atoms. The van der Waals surface area contributed by atoms with Crippen LogP contribution in [-0.2, 0) is 10.0 Å². The molecule has 0 aromatic heterocycles. The average molecular weight is 382 g/mol. The number of hydrogen-bond donors (Lipinski definition) is 1. The molecular weight excluding hydrogens is 350 g/mol. The predicted octanol–water partition coefficient (Wildman–Crippen LogP) is 2.31. The lowest BCUT2D eigenvalue weighted by atomic mass is 9.93. The lowest BCUT2D eigenvalue weighted by molar-refractivity contribution is 0.0789. The molecule has 2 N–H and O–H groups in total. The number of piperidine rings is 1. The number of carbonyl (C=O) groups excluding carboxylic acids is 1. The van der Waals surface area contributed by atoms with Crippen LogP contribution < -0.4 is 5.73 Å². The van der Waals surface area contributed by atoms with Gasteiger partial charge in [0.25, 0.3) is 5.91 Å². The molecule has 0 spiro atoms. The van der Waals surface area contributed by atoms with E-state index in [1.54, 1.807) is 30.1 Å². The van der Waals surface area contributed by atoms with Gasteiger partial charge >= 0.3 is 0 Å². The summed E-state index contributed by atoms with van der Waals surface area (Å²) in [6.45, 7) is 5.47. The van der Waals surface area contributed by atoms with E-state index in [2.05, 4.69) is 6.92 Å². The van der Waals surface area contributed by atoms with Crippen molar-refractivity contribution in [2.45, 2.75) is 50.5 Å². The highest BCUT2D eigenvalue weighted by Gasteiger charge is 2.34. The molecule has 0 saturated carbocycles. The van der Waals surface area contributed by atoms with Crippen LogP contribution in [0.1, 0.15) is 49.9 Å². The minimum Gasteiger partial charge on any atom is -0.342 e. The van der Waals surface area contributed by atoms with Gasteiger partial charge in [0.05, 0.1) is 10.5 Å². The molecule has 1 amide bonds. The van der Waals surface area contributed by atoms with Gasteiger partial charge in [-0.1, -0.05) is 25.5 Å². The van der Waals surface area contributed by atoms with Crippen molar-refractivity contribution in [3.8, 4) is 0 Å². The van der Waals surface area contributed by atoms with Gasteiger partial charge in [-0.25, -0.2) is 8.42 Å². The number of hydrogen-bond acceptors (Lipinski definition) is 4. The average Bonchev–Trinajstić information content (AvgIpc) is 2.65. The molecule has 1 aromatic carbocycles. The number of sulfonamides is 1. The van der Waals surface area contributed by atoms with Crippen LogP contribution >= 0.6 is 0 Å². The number of carbonyl (C=O) groups is 1. The fourth-order valence-corrected chi connectivity index (χ4v) is 5.05. The van der Waals surface area contributed by atoms with Crippen LogP contribution in [0.15, 0.2) is 29.2 Å². The van der Waals surface area contributed by atoms with Crippen LogP contribution in [0.3, 0.4) is 0 Å². The van der Waals surface area contributed by atoms with Crippen molar-refractivity contribution in [2.75, 3.05) is 26.7 Å². The van der Waals surface area contributed by atoms with Crippen molar-refractivity contribution < 1.29 is 13.2 Å². The standard InChI is InChI=1S/C19H31N3O3S/c1-4-5-12-21(3)19(23)17-10-6-7-11-18(17)26(24,25)22-13-8-9-16(14-22)15(2)20/h6-7,10-11,15-16H,4-5,8-9,12-14,20H2,1-3H3. The van der Waals surface area contributed by atoms with Crippen LogP contribution in [0.4, 0.5) is 0 Å². The first-order valence-electron chi connectivity index (χ1n) is 9.39. The summed E-state index contributed by atoms with van der Waals surface area (Å²) in [6.07, 6.45) is 3.59. The molecule has 1 aromatic rings. The molecule has 1 aliphatic rings. The van der Waals surface area contributed by atoms with Crippen molar-refractivity contribution in [1.29, 1.82) is 0 Å². The Labute approximate surface area is 157 Å². The number of rotatable bonds is 7. The van der Waals surface area contributed by atoms with E-state index in [-0.39, 0.29) is 28.3 Å². The quantitative estimate of drug-likeness (QED) is 0.785. The highest BCUT2D eigenvalue weighted by molar-refractivity contribution is 7.89. The minimum absolute atomic E-state index is 0.0509. The second-order valence-electron chi connectivity index (χ2n) is 7.20. The largest absolute Gasteiger partial charge is 0.342 e. The summed E-state index contributed by atoms with van der Waals surface area (Å²) < 4.78 is 28.0. The Morgan fingerprint density at radius 2 is 2.08 bits per heavy atom. The molecule has 1 heterocycles. The maximum absolute atomic E-state index is 13.2. The monoisotopic (exact) mass is 381 g/mol. The second-order valence-corrected chi connectivity index (χ2v) is 9.11. The molecule has 146 valence electrons. The van der Waals surface area contributed by atoms with Crippen LogP contribution in [0.25, 0.3) is 0 Å². The molecule has 0 aliphatic carbocycles. The maximum Gasteiger partial charge on any atom is 0.254 e. The lowest BCUT2D eigenvalue weighted by Crippen LogP contribution is -2.45. The fraction of sp³-hybridized carbons (Fsp3) is 0.632. The Balaban J connectivity index is 2.31. The molecule has 2 atom stereocenters. The van der Waals surface area contributed by atoms with Crippen LogP contribution in [0.5, 0.6) is 0 Å². The zero-order valence-corrected chi connectivity index (χ0v) is 16.8. The fourth-order valence-electron chi connectivity index (χ4n) is 3.33. The normalized spacial score (nSPS) is 19.9. The topological polar surface area (TPSA) is 83.7 Å². The third kappa shape index (κ3) is 4.64. The van der Waals surface area contributed by atoms with Gasteiger partial charge in [-0.05, 0) is 44.2 Å². The number of benzene rings is 1. The predicted molar refractivity (Wildman–Crippen MR) is 103 cm³/mol. The van der Waals surface area contributed by atoms with Gasteiger partial charge in [0, 0.05) is 32.7 Å². The van der Waals surface area contributed by atoms with Crippen molar-refractivity contribution in [3.05, 3.63) is 29.8 Å². The molecule has 7 heteroatoms. The van der Waals surface area contributed by atoms with Crippen molar-refractivity contribution >= 4 is 15.9 Å². The second kappa shape index (κ2) is 8.97. The van der Waals surface area contributed by atoms with Gasteiger partial charge in [-0.15, -0.1) is 0 Å². The molecule has 2 rings (SSSR count). The Morgan fingerprint density at radius 3 is 2.73 bits per heavy atom. The highest BCUT2D eigenvalue weighted by atomic mass is 32.2. The van der Waals surface area contributed by atoms with E-state index in [1.165, 1.54) is 10.4 Å². The minimum atomic E-state index is -3.73. The van der Waals surface area contributed by atoms with Gasteiger partial charge in [0.15, 0.2) is 0 Å². The Kier molecular flexibility index (Phi) is 7.20. The van der Waals surface area contributed by atoms with Crippen molar-refractivity contribution in [2.24, 2.45) is 11.7 Å². The first-order valence-corrected chi connectivity index (χ1v) is 10.8. The summed E-state index contributed by atoms with van der Waals surface area (Å²) in [7, 11) is -2.01. The smallest absolute Gasteiger partial charge is 0.254 e. The maximum atomic E-state index is 13.2. The lowest BCUT2D eigenvalue weighted by Gasteiger charge is -2.34. The Hall–Kier alpha value is -1.44. The van der Waals surface area contributed by atoms with Crippen molar-refractivity contribution in [1.82, 2.24) is 9.21 Å². The zero-order chi connectivity index (χ0) is 19.3. The molecule has 2 unspecified atom stereocenters. The summed E-state index contributed by atoms with van der Waals surface area (Å²) in [5.74, 6) is -0.105. The summed E-state index contributed by atoms with van der Waals surface area (Å²) in [5, 5.41) is 0. The summed E-state index contributed by atoms with van der Waals surface area (Å²) >= 11 is 0. The number of unbranched alkanes of at least 4 members (excludes halogenated alkanes) is 1. The first-order chi connectivity index (χ1) is 12.3. The number of nitrogens with two attached hydrogens (primary N) is 1. The van der Waals surface area contributed by atoms with E-state index in [1.807, 2.05) is 6.92 Å². The number of amides is 1. The molecule has 1 fully saturated rings. The molecular formula is C19H31N3O3S. The van der Waals surface area contributed by atoms with E-state index in [4.69, 9.17) is 5.73 Å². The van der Waals surface area contributed by atoms with Gasteiger partial charge in [0.2, 0.25) is 10.0 Å². The van der Waals surface area contributed by atoms with Gasteiger partial charge in [-0.2, -0.15) is 4.31 Å². The Bertz CT molecular complexity index is 718. The van der Waals surface area contributed by atoms with Crippen molar-refractivity contribution in [3.63, 3.8) is 0 Å². The molecule has 1 saturated heterocycles. The van der Waals surface area contributed by atoms with E-state index in [0.717, 1.165) is 25.7 Å². The van der Waals surface area contributed by atoms with E-state index in [0.29, 0.717) is 19.6 Å². The SMILES string of the molecule is CCCCN(C)C(=O)c1ccccc1S(=O)(=O)N1CCCC(C(C)N)C1. The van der Waals surface area contributed by atoms with E-state index < -0.39 is 10.0 Å². The first kappa shape index (κ1) is 20.9. The van der Waals surface area contributed by atoms with Crippen LogP contribution in [0, 0.1) is 5.92 Å². The van der Waals surface area contributed by atoms with Gasteiger partial charge < -0.3 is 10.6 Å². The van der Waals surface area contributed by atoms with Crippen LogP contribution in [0.2, 0.25) is 0 Å². The highest BCUT2D eigenvalue weighted by Crippen LogP contribution is 2.27. The molecule has 0 bridgehead atoms. The van der Waals surface area contributed by atoms with Crippen LogP contribution in [-0.4, -0.2) is 56.3 Å². The van der Waals surface area contributed by atoms with E-state index >= 15 is 0 Å². The Morgan fingerprint density at radius 1 is 1.38 bits per heavy atom. The summed E-state index contributed by atoms with van der Waals surface area (Å²) in [4.78, 5) is 14.5. The van der Waals surface area contributed by atoms with Gasteiger partial charge in [-0.3, -0.25) is 4.79 Å². The third-order valence-corrected chi connectivity index (χ3v) is 7.02. The zero-order valence-electron chi connectivity index (χ0n) is 16.0. The summed E-state index contributed by atoms with van der Waals surface area (Å²) in [6, 6.07) is 6.46. The van der Waals surface area contributed by atoms with Gasteiger partial charge in [0.1, 0.15) is 0 Å². The number of nitrogens with zero attached hydrogens (tertiary/aromatic N) is 2. The summed E-state index contributed by atoms with van der Waals surface area (Å²) in [5.41, 5.74) is 6.24.